The lowest BCUT2D eigenvalue weighted by Crippen LogP contribution is -2.50. The third-order valence-electron chi connectivity index (χ3n) is 2.32. The van der Waals surface area contributed by atoms with Gasteiger partial charge in [-0.25, -0.2) is 0 Å². The van der Waals surface area contributed by atoms with Gasteiger partial charge in [-0.2, -0.15) is 22.0 Å². The molecule has 106 valence electrons. The Morgan fingerprint density at radius 2 is 1.84 bits per heavy atom. The molecule has 1 aromatic heterocycles. The van der Waals surface area contributed by atoms with Crippen molar-refractivity contribution in [3.05, 3.63) is 29.6 Å². The smallest absolute Gasteiger partial charge is 0.334 e. The Bertz CT molecular complexity index is 472. The molecule has 0 saturated carbocycles. The summed E-state index contributed by atoms with van der Waals surface area (Å²) in [6.45, 7) is 1.21. The van der Waals surface area contributed by atoms with Crippen LogP contribution in [0.2, 0.25) is 0 Å². The summed E-state index contributed by atoms with van der Waals surface area (Å²) in [6, 6.07) is 4.63. The number of nitrogens with zero attached hydrogens (tertiary/aromatic N) is 2. The molecule has 0 unspecified atom stereocenters. The topological polar surface area (TPSA) is 33.2 Å². The summed E-state index contributed by atoms with van der Waals surface area (Å²) >= 11 is 0. The number of aryl methyl sites for hydroxylation is 1. The first-order valence-electron chi connectivity index (χ1n) is 5.18. The average Bonchev–Trinajstić information content (AvgIpc) is 2.26. The van der Waals surface area contributed by atoms with Crippen molar-refractivity contribution in [1.29, 1.82) is 0 Å². The molecular formula is C11H11F5N2O. The summed E-state index contributed by atoms with van der Waals surface area (Å²) in [6.07, 6.45) is -5.90. The van der Waals surface area contributed by atoms with Crippen LogP contribution in [0.5, 0.6) is 0 Å². The van der Waals surface area contributed by atoms with Crippen LogP contribution >= 0.6 is 0 Å². The number of carbonyl (C=O) groups is 1. The predicted octanol–water partition coefficient (Wildman–Crippen LogP) is 2.55. The molecule has 0 spiro atoms. The molecule has 0 aliphatic carbocycles. The van der Waals surface area contributed by atoms with Gasteiger partial charge in [-0.15, -0.1) is 0 Å². The minimum Gasteiger partial charge on any atom is -0.334 e. The number of amides is 1. The van der Waals surface area contributed by atoms with Crippen LogP contribution in [0, 0.1) is 6.92 Å². The van der Waals surface area contributed by atoms with Gasteiger partial charge in [-0.05, 0) is 19.1 Å². The summed E-state index contributed by atoms with van der Waals surface area (Å²) in [7, 11) is 0.867. The number of carbonyl (C=O) groups excluding carboxylic acids is 1. The lowest BCUT2D eigenvalue weighted by atomic mass is 10.2. The number of alkyl halides is 5. The van der Waals surface area contributed by atoms with Gasteiger partial charge in [0, 0.05) is 12.7 Å². The van der Waals surface area contributed by atoms with E-state index >= 15 is 0 Å². The Morgan fingerprint density at radius 1 is 1.26 bits per heavy atom. The molecule has 0 aliphatic rings. The fraction of sp³-hybridized carbons (Fsp3) is 0.455. The molecule has 1 rings (SSSR count). The number of halogens is 5. The summed E-state index contributed by atoms with van der Waals surface area (Å²) < 4.78 is 61.7. The van der Waals surface area contributed by atoms with Crippen molar-refractivity contribution in [2.75, 3.05) is 7.05 Å². The molecule has 0 N–H and O–H groups in total. The summed E-state index contributed by atoms with van der Waals surface area (Å²) in [5, 5.41) is 0. The first kappa shape index (κ1) is 15.3. The van der Waals surface area contributed by atoms with E-state index in [0.717, 1.165) is 7.05 Å². The largest absolute Gasteiger partial charge is 0.463 e. The third-order valence-corrected chi connectivity index (χ3v) is 2.32. The van der Waals surface area contributed by atoms with Gasteiger partial charge >= 0.3 is 18.0 Å². The molecular weight excluding hydrogens is 271 g/mol. The Kier molecular flexibility index (Phi) is 4.12. The van der Waals surface area contributed by atoms with Crippen LogP contribution in [-0.2, 0) is 11.3 Å². The van der Waals surface area contributed by atoms with Crippen LogP contribution in [-0.4, -0.2) is 34.9 Å². The van der Waals surface area contributed by atoms with Gasteiger partial charge in [0.05, 0.1) is 12.2 Å². The molecule has 19 heavy (non-hydrogen) atoms. The van der Waals surface area contributed by atoms with E-state index in [2.05, 4.69) is 4.98 Å². The normalized spacial score (nSPS) is 12.4. The molecule has 0 aromatic carbocycles. The molecule has 1 amide bonds. The molecule has 0 radical (unpaired) electrons. The van der Waals surface area contributed by atoms with Crippen LogP contribution in [0.3, 0.4) is 0 Å². The Labute approximate surface area is 106 Å². The van der Waals surface area contributed by atoms with Gasteiger partial charge in [0.25, 0.3) is 0 Å². The fourth-order valence-electron chi connectivity index (χ4n) is 1.36. The Hall–Kier alpha value is -1.73. The first-order chi connectivity index (χ1) is 8.55. The average molecular weight is 282 g/mol. The van der Waals surface area contributed by atoms with Gasteiger partial charge in [0.2, 0.25) is 0 Å². The highest BCUT2D eigenvalue weighted by atomic mass is 19.4. The van der Waals surface area contributed by atoms with Crippen molar-refractivity contribution in [3.63, 3.8) is 0 Å². The highest BCUT2D eigenvalue weighted by molar-refractivity contribution is 5.84. The zero-order valence-corrected chi connectivity index (χ0v) is 10.1. The molecule has 0 fully saturated rings. The zero-order chi connectivity index (χ0) is 14.8. The van der Waals surface area contributed by atoms with Gasteiger partial charge in [-0.1, -0.05) is 6.07 Å². The van der Waals surface area contributed by atoms with Crippen LogP contribution < -0.4 is 0 Å². The van der Waals surface area contributed by atoms with Crippen LogP contribution in [0.4, 0.5) is 22.0 Å². The van der Waals surface area contributed by atoms with Gasteiger partial charge in [0.15, 0.2) is 0 Å². The highest BCUT2D eigenvalue weighted by Crippen LogP contribution is 2.36. The molecule has 1 heterocycles. The second kappa shape index (κ2) is 5.10. The Morgan fingerprint density at radius 3 is 2.32 bits per heavy atom. The van der Waals surface area contributed by atoms with E-state index in [9.17, 15) is 26.7 Å². The molecule has 3 nitrogen and oxygen atoms in total. The highest BCUT2D eigenvalue weighted by Gasteiger charge is 2.64. The zero-order valence-electron chi connectivity index (χ0n) is 10.1. The summed E-state index contributed by atoms with van der Waals surface area (Å²) in [5.74, 6) is -7.70. The number of hydrogen-bond acceptors (Lipinski definition) is 2. The lowest BCUT2D eigenvalue weighted by molar-refractivity contribution is -0.274. The Balaban J connectivity index is 2.84. The number of aromatic nitrogens is 1. The molecule has 0 saturated heterocycles. The van der Waals surface area contributed by atoms with Crippen molar-refractivity contribution in [1.82, 2.24) is 9.88 Å². The standard InChI is InChI=1S/C11H11F5N2O/c1-7-4-3-5-8(17-7)6-18(2)9(19)10(12,13)11(14,15)16/h3-5H,6H2,1-2H3. The minimum atomic E-state index is -5.90. The van der Waals surface area contributed by atoms with E-state index < -0.39 is 24.6 Å². The van der Waals surface area contributed by atoms with Gasteiger partial charge < -0.3 is 4.90 Å². The minimum absolute atomic E-state index is 0.230. The van der Waals surface area contributed by atoms with Crippen LogP contribution in [0.1, 0.15) is 11.4 Å². The molecule has 1 aromatic rings. The second-order valence-electron chi connectivity index (χ2n) is 4.00. The first-order valence-corrected chi connectivity index (χ1v) is 5.18. The van der Waals surface area contributed by atoms with E-state index in [-0.39, 0.29) is 5.69 Å². The predicted molar refractivity (Wildman–Crippen MR) is 56.5 cm³/mol. The van der Waals surface area contributed by atoms with Gasteiger partial charge in [0.1, 0.15) is 0 Å². The molecule has 0 bridgehead atoms. The van der Waals surface area contributed by atoms with E-state index in [1.807, 2.05) is 0 Å². The van der Waals surface area contributed by atoms with Crippen molar-refractivity contribution in [2.24, 2.45) is 0 Å². The summed E-state index contributed by atoms with van der Waals surface area (Å²) in [4.78, 5) is 15.3. The molecule has 0 atom stereocenters. The number of rotatable bonds is 3. The van der Waals surface area contributed by atoms with Crippen molar-refractivity contribution in [3.8, 4) is 0 Å². The monoisotopic (exact) mass is 282 g/mol. The number of hydrogen-bond donors (Lipinski definition) is 0. The van der Waals surface area contributed by atoms with Gasteiger partial charge in [-0.3, -0.25) is 9.78 Å². The van der Waals surface area contributed by atoms with E-state index in [1.54, 1.807) is 19.1 Å². The summed E-state index contributed by atoms with van der Waals surface area (Å²) in [5.41, 5.74) is 0.801. The van der Waals surface area contributed by atoms with Crippen molar-refractivity contribution in [2.45, 2.75) is 25.6 Å². The third kappa shape index (κ3) is 3.39. The number of pyridine rings is 1. The maximum atomic E-state index is 12.8. The van der Waals surface area contributed by atoms with Crippen LogP contribution in [0.15, 0.2) is 18.2 Å². The second-order valence-corrected chi connectivity index (χ2v) is 4.00. The SMILES string of the molecule is Cc1cccc(CN(C)C(=O)C(F)(F)C(F)(F)F)n1. The maximum absolute atomic E-state index is 12.8. The molecule has 8 heteroatoms. The van der Waals surface area contributed by atoms with E-state index in [0.29, 0.717) is 10.6 Å². The lowest BCUT2D eigenvalue weighted by Gasteiger charge is -2.24. The molecule has 0 aliphatic heterocycles. The van der Waals surface area contributed by atoms with Crippen molar-refractivity contribution >= 4 is 5.91 Å². The quantitative estimate of drug-likeness (QED) is 0.798. The van der Waals surface area contributed by atoms with E-state index in [1.165, 1.54) is 6.07 Å². The fourth-order valence-corrected chi connectivity index (χ4v) is 1.36. The van der Waals surface area contributed by atoms with Crippen LogP contribution in [0.25, 0.3) is 0 Å². The van der Waals surface area contributed by atoms with E-state index in [4.69, 9.17) is 0 Å². The van der Waals surface area contributed by atoms with Crippen molar-refractivity contribution < 1.29 is 26.7 Å². The maximum Gasteiger partial charge on any atom is 0.463 e.